The van der Waals surface area contributed by atoms with Crippen molar-refractivity contribution >= 4 is 17.2 Å². The number of thiophene rings is 1. The number of rotatable bonds is 5. The van der Waals surface area contributed by atoms with E-state index in [-0.39, 0.29) is 24.1 Å². The smallest absolute Gasteiger partial charge is 0.255 e. The van der Waals surface area contributed by atoms with Gasteiger partial charge in [0.25, 0.3) is 5.56 Å². The molecular formula is C22H26N6O2S. The van der Waals surface area contributed by atoms with Crippen LogP contribution in [0.5, 0.6) is 0 Å². The van der Waals surface area contributed by atoms with Gasteiger partial charge in [-0.25, -0.2) is 4.98 Å². The number of likely N-dealkylation sites (tertiary alicyclic amines) is 1. The summed E-state index contributed by atoms with van der Waals surface area (Å²) < 4.78 is 1.64. The van der Waals surface area contributed by atoms with Gasteiger partial charge in [0.15, 0.2) is 0 Å². The molecule has 1 amide bonds. The predicted molar refractivity (Wildman–Crippen MR) is 118 cm³/mol. The van der Waals surface area contributed by atoms with E-state index in [2.05, 4.69) is 32.5 Å². The Hall–Kier alpha value is -2.78. The van der Waals surface area contributed by atoms with Crippen LogP contribution in [0, 0.1) is 0 Å². The first-order valence-corrected chi connectivity index (χ1v) is 11.7. The Morgan fingerprint density at radius 3 is 3.00 bits per heavy atom. The van der Waals surface area contributed by atoms with Crippen LogP contribution < -0.4 is 5.56 Å². The number of nitrogens with zero attached hydrogens (tertiary/aromatic N) is 5. The number of H-pyrrole nitrogens is 1. The second-order valence-electron chi connectivity index (χ2n) is 8.22. The zero-order valence-corrected chi connectivity index (χ0v) is 18.2. The predicted octanol–water partition coefficient (Wildman–Crippen LogP) is 2.34. The Kier molecular flexibility index (Phi) is 5.69. The van der Waals surface area contributed by atoms with E-state index in [0.717, 1.165) is 50.0 Å². The van der Waals surface area contributed by atoms with Crippen molar-refractivity contribution in [2.45, 2.75) is 51.4 Å². The number of nitrogens with one attached hydrogen (secondary N) is 1. The first kappa shape index (κ1) is 20.1. The minimum absolute atomic E-state index is 0.0101. The lowest BCUT2D eigenvalue weighted by atomic mass is 10.00. The number of carbonyl (C=O) groups is 1. The molecule has 3 aromatic rings. The van der Waals surface area contributed by atoms with Gasteiger partial charge in [0.1, 0.15) is 12.4 Å². The van der Waals surface area contributed by atoms with Crippen LogP contribution in [-0.4, -0.2) is 48.5 Å². The van der Waals surface area contributed by atoms with E-state index in [1.807, 2.05) is 11.0 Å². The van der Waals surface area contributed by atoms with Crippen molar-refractivity contribution in [3.63, 3.8) is 0 Å². The number of carbonyl (C=O) groups excluding carboxylic acids is 1. The van der Waals surface area contributed by atoms with E-state index in [1.165, 1.54) is 4.88 Å². The molecule has 0 saturated carbocycles. The highest BCUT2D eigenvalue weighted by atomic mass is 32.1. The Balaban J connectivity index is 1.35. The van der Waals surface area contributed by atoms with E-state index in [0.29, 0.717) is 18.9 Å². The minimum atomic E-state index is -0.182. The lowest BCUT2D eigenvalue weighted by Gasteiger charge is -2.35. The first-order chi connectivity index (χ1) is 15.2. The molecule has 0 radical (unpaired) electrons. The van der Waals surface area contributed by atoms with E-state index in [4.69, 9.17) is 4.98 Å². The average molecular weight is 439 g/mol. The molecule has 2 aliphatic rings. The number of amides is 1. The molecule has 0 bridgehead atoms. The second kappa shape index (κ2) is 8.76. The van der Waals surface area contributed by atoms with Crippen LogP contribution in [0.4, 0.5) is 0 Å². The highest BCUT2D eigenvalue weighted by Crippen LogP contribution is 2.29. The van der Waals surface area contributed by atoms with Gasteiger partial charge in [-0.3, -0.25) is 19.2 Å². The van der Waals surface area contributed by atoms with Crippen molar-refractivity contribution in [2.24, 2.45) is 0 Å². The van der Waals surface area contributed by atoms with Gasteiger partial charge in [-0.15, -0.1) is 11.3 Å². The number of hydrogen-bond donors (Lipinski definition) is 1. The van der Waals surface area contributed by atoms with Crippen LogP contribution in [0.1, 0.15) is 47.3 Å². The normalized spacial score (nSPS) is 19.4. The molecule has 0 aromatic carbocycles. The summed E-state index contributed by atoms with van der Waals surface area (Å²) in [5, 5.41) is 6.23. The number of hydrogen-bond acceptors (Lipinski definition) is 6. The average Bonchev–Trinajstić information content (AvgIpc) is 3.48. The molecule has 0 spiro atoms. The van der Waals surface area contributed by atoms with Crippen LogP contribution in [0.25, 0.3) is 0 Å². The summed E-state index contributed by atoms with van der Waals surface area (Å²) in [6, 6.07) is 5.82. The van der Waals surface area contributed by atoms with Crippen molar-refractivity contribution in [3.8, 4) is 0 Å². The molecule has 2 aliphatic heterocycles. The molecule has 3 aromatic heterocycles. The van der Waals surface area contributed by atoms with E-state index in [9.17, 15) is 9.59 Å². The number of aromatic nitrogens is 4. The maximum Gasteiger partial charge on any atom is 0.255 e. The summed E-state index contributed by atoms with van der Waals surface area (Å²) >= 11 is 1.74. The maximum atomic E-state index is 13.0. The summed E-state index contributed by atoms with van der Waals surface area (Å²) in [6.45, 7) is 3.24. The molecule has 1 N–H and O–H groups in total. The van der Waals surface area contributed by atoms with Gasteiger partial charge in [-0.1, -0.05) is 6.07 Å². The Morgan fingerprint density at radius 2 is 2.19 bits per heavy atom. The van der Waals surface area contributed by atoms with Crippen LogP contribution in [0.2, 0.25) is 0 Å². The Morgan fingerprint density at radius 1 is 1.26 bits per heavy atom. The topological polar surface area (TPSA) is 87.1 Å². The third-order valence-electron chi connectivity index (χ3n) is 6.12. The maximum absolute atomic E-state index is 13.0. The third kappa shape index (κ3) is 4.33. The Labute approximate surface area is 184 Å². The highest BCUT2D eigenvalue weighted by molar-refractivity contribution is 7.09. The van der Waals surface area contributed by atoms with Crippen molar-refractivity contribution in [2.75, 3.05) is 13.1 Å². The van der Waals surface area contributed by atoms with Gasteiger partial charge < -0.3 is 9.88 Å². The lowest BCUT2D eigenvalue weighted by molar-refractivity contribution is -0.136. The van der Waals surface area contributed by atoms with Crippen molar-refractivity contribution in [3.05, 3.63) is 68.3 Å². The number of piperidine rings is 1. The molecule has 5 heterocycles. The fraction of sp³-hybridized carbons (Fsp3) is 0.455. The molecule has 0 aliphatic carbocycles. The molecule has 9 heteroatoms. The van der Waals surface area contributed by atoms with Crippen LogP contribution >= 0.6 is 11.3 Å². The molecule has 31 heavy (non-hydrogen) atoms. The molecule has 1 atom stereocenters. The molecule has 162 valence electrons. The molecule has 5 rings (SSSR count). The number of fused-ring (bicyclic) bond motifs is 1. The second-order valence-corrected chi connectivity index (χ2v) is 9.25. The van der Waals surface area contributed by atoms with Crippen molar-refractivity contribution in [1.29, 1.82) is 0 Å². The lowest BCUT2D eigenvalue weighted by Crippen LogP contribution is -2.42. The Bertz CT molecular complexity index is 1090. The van der Waals surface area contributed by atoms with E-state index in [1.54, 1.807) is 28.4 Å². The quantitative estimate of drug-likeness (QED) is 0.661. The summed E-state index contributed by atoms with van der Waals surface area (Å²) in [4.78, 5) is 39.3. The van der Waals surface area contributed by atoms with Gasteiger partial charge in [0, 0.05) is 49.9 Å². The van der Waals surface area contributed by atoms with Crippen molar-refractivity contribution in [1.82, 2.24) is 29.5 Å². The fourth-order valence-corrected chi connectivity index (χ4v) is 5.30. The molecule has 1 fully saturated rings. The summed E-state index contributed by atoms with van der Waals surface area (Å²) in [7, 11) is 0. The zero-order chi connectivity index (χ0) is 21.2. The SMILES string of the molecule is O=C(Cn1cccn1)N1CCCCC1c1nc2c(c(=O)[nH]1)CN(Cc1cccs1)CC2. The molecule has 8 nitrogen and oxygen atoms in total. The summed E-state index contributed by atoms with van der Waals surface area (Å²) in [5.74, 6) is 0.639. The van der Waals surface area contributed by atoms with Crippen LogP contribution in [0.15, 0.2) is 40.8 Å². The molecule has 1 saturated heterocycles. The van der Waals surface area contributed by atoms with Gasteiger partial charge in [-0.05, 0) is 36.8 Å². The standard InChI is InChI=1S/C22H26N6O2S/c29-20(15-27-9-4-8-23-27)28-10-2-1-6-19(28)21-24-18-7-11-26(13-16-5-3-12-31-16)14-17(18)22(30)25-21/h3-5,8-9,12,19H,1-2,6-7,10-11,13-15H2,(H,24,25,30). The minimum Gasteiger partial charge on any atom is -0.331 e. The fourth-order valence-electron chi connectivity index (χ4n) is 4.55. The number of aromatic amines is 1. The molecular weight excluding hydrogens is 412 g/mol. The van der Waals surface area contributed by atoms with Gasteiger partial charge in [0.05, 0.1) is 17.3 Å². The summed E-state index contributed by atoms with van der Waals surface area (Å²) in [5.41, 5.74) is 1.57. The van der Waals surface area contributed by atoms with E-state index < -0.39 is 0 Å². The highest BCUT2D eigenvalue weighted by Gasteiger charge is 2.31. The van der Waals surface area contributed by atoms with Crippen LogP contribution in [0.3, 0.4) is 0 Å². The largest absolute Gasteiger partial charge is 0.331 e. The zero-order valence-electron chi connectivity index (χ0n) is 17.4. The molecule has 1 unspecified atom stereocenters. The van der Waals surface area contributed by atoms with Gasteiger partial charge >= 0.3 is 0 Å². The van der Waals surface area contributed by atoms with Gasteiger partial charge in [0.2, 0.25) is 5.91 Å². The van der Waals surface area contributed by atoms with E-state index >= 15 is 0 Å². The first-order valence-electron chi connectivity index (χ1n) is 10.8. The van der Waals surface area contributed by atoms with Crippen molar-refractivity contribution < 1.29 is 4.79 Å². The summed E-state index contributed by atoms with van der Waals surface area (Å²) in [6.07, 6.45) is 7.02. The van der Waals surface area contributed by atoms with Crippen LogP contribution in [-0.2, 0) is 30.8 Å². The van der Waals surface area contributed by atoms with Gasteiger partial charge in [-0.2, -0.15) is 5.10 Å². The third-order valence-corrected chi connectivity index (χ3v) is 6.98. The monoisotopic (exact) mass is 438 g/mol.